The van der Waals surface area contributed by atoms with Crippen molar-refractivity contribution in [3.05, 3.63) is 34.9 Å². The first-order valence-electron chi connectivity index (χ1n) is 5.29. The van der Waals surface area contributed by atoms with Crippen molar-refractivity contribution in [2.24, 2.45) is 5.73 Å². The van der Waals surface area contributed by atoms with Gasteiger partial charge in [-0.3, -0.25) is 0 Å². The predicted molar refractivity (Wildman–Crippen MR) is 71.7 cm³/mol. The Morgan fingerprint density at radius 1 is 1.47 bits per heavy atom. The zero-order chi connectivity index (χ0) is 12.2. The number of nitrogens with two attached hydrogens (primary N) is 1. The Hall–Kier alpha value is -0.770. The number of carboxylic acids is 1. The summed E-state index contributed by atoms with van der Waals surface area (Å²) >= 11 is 5.99. The number of rotatable bonds is 5. The third-order valence-electron chi connectivity index (χ3n) is 2.66. The van der Waals surface area contributed by atoms with E-state index >= 15 is 0 Å². The lowest BCUT2D eigenvalue weighted by Gasteiger charge is -2.26. The van der Waals surface area contributed by atoms with Crippen molar-refractivity contribution in [1.29, 1.82) is 0 Å². The van der Waals surface area contributed by atoms with Crippen LogP contribution in [-0.2, 0) is 10.3 Å². The molecule has 0 heterocycles. The minimum Gasteiger partial charge on any atom is -0.480 e. The van der Waals surface area contributed by atoms with Crippen LogP contribution in [0.15, 0.2) is 24.3 Å². The number of halogens is 2. The van der Waals surface area contributed by atoms with Crippen LogP contribution >= 0.6 is 24.0 Å². The molecule has 0 aliphatic heterocycles. The minimum atomic E-state index is -1.38. The van der Waals surface area contributed by atoms with Crippen LogP contribution in [0.1, 0.15) is 31.7 Å². The largest absolute Gasteiger partial charge is 0.480 e. The van der Waals surface area contributed by atoms with Crippen molar-refractivity contribution in [3.8, 4) is 0 Å². The fourth-order valence-corrected chi connectivity index (χ4v) is 1.94. The van der Waals surface area contributed by atoms with E-state index in [0.717, 1.165) is 12.8 Å². The van der Waals surface area contributed by atoms with Gasteiger partial charge in [-0.1, -0.05) is 49.6 Å². The summed E-state index contributed by atoms with van der Waals surface area (Å²) in [5.74, 6) is -1.03. The molecule has 0 saturated heterocycles. The van der Waals surface area contributed by atoms with Crippen molar-refractivity contribution in [2.75, 3.05) is 0 Å². The van der Waals surface area contributed by atoms with E-state index in [0.29, 0.717) is 17.0 Å². The highest BCUT2D eigenvalue weighted by Gasteiger charge is 2.36. The molecule has 1 atom stereocenters. The van der Waals surface area contributed by atoms with Gasteiger partial charge in [0.05, 0.1) is 0 Å². The quantitative estimate of drug-likeness (QED) is 0.869. The fraction of sp³-hybridized carbons (Fsp3) is 0.417. The summed E-state index contributed by atoms with van der Waals surface area (Å²) in [5, 5.41) is 9.66. The van der Waals surface area contributed by atoms with Crippen LogP contribution < -0.4 is 5.73 Å². The maximum Gasteiger partial charge on any atom is 0.328 e. The highest BCUT2D eigenvalue weighted by Crippen LogP contribution is 2.30. The molecule has 3 nitrogen and oxygen atoms in total. The molecule has 5 heteroatoms. The predicted octanol–water partition coefficient (Wildman–Crippen LogP) is 3.19. The molecule has 0 aromatic heterocycles. The van der Waals surface area contributed by atoms with Crippen molar-refractivity contribution in [2.45, 2.75) is 31.7 Å². The number of benzene rings is 1. The average Bonchev–Trinajstić information content (AvgIpc) is 2.26. The maximum absolute atomic E-state index is 11.3. The normalized spacial score (nSPS) is 13.6. The van der Waals surface area contributed by atoms with Crippen LogP contribution in [0, 0.1) is 0 Å². The van der Waals surface area contributed by atoms with Gasteiger partial charge in [-0.15, -0.1) is 12.4 Å². The van der Waals surface area contributed by atoms with Crippen LogP contribution in [0.3, 0.4) is 0 Å². The second kappa shape index (κ2) is 6.84. The smallest absolute Gasteiger partial charge is 0.328 e. The van der Waals surface area contributed by atoms with E-state index in [9.17, 15) is 9.90 Å². The van der Waals surface area contributed by atoms with Crippen molar-refractivity contribution in [1.82, 2.24) is 0 Å². The van der Waals surface area contributed by atoms with E-state index in [1.165, 1.54) is 0 Å². The van der Waals surface area contributed by atoms with Gasteiger partial charge in [-0.25, -0.2) is 4.79 Å². The van der Waals surface area contributed by atoms with E-state index in [1.807, 2.05) is 6.92 Å². The summed E-state index contributed by atoms with van der Waals surface area (Å²) in [4.78, 5) is 11.3. The van der Waals surface area contributed by atoms with Crippen LogP contribution in [0.5, 0.6) is 0 Å². The average molecular weight is 278 g/mol. The summed E-state index contributed by atoms with van der Waals surface area (Å²) < 4.78 is 0. The number of unbranched alkanes of at least 4 members (excludes halogenated alkanes) is 1. The van der Waals surface area contributed by atoms with E-state index < -0.39 is 11.5 Å². The van der Waals surface area contributed by atoms with Gasteiger partial charge in [0.25, 0.3) is 0 Å². The topological polar surface area (TPSA) is 63.3 Å². The molecule has 0 unspecified atom stereocenters. The summed E-state index contributed by atoms with van der Waals surface area (Å²) in [7, 11) is 0. The van der Waals surface area contributed by atoms with Crippen LogP contribution in [-0.4, -0.2) is 11.1 Å². The molecule has 0 aliphatic rings. The van der Waals surface area contributed by atoms with Crippen molar-refractivity contribution in [3.63, 3.8) is 0 Å². The van der Waals surface area contributed by atoms with E-state index in [-0.39, 0.29) is 12.4 Å². The van der Waals surface area contributed by atoms with E-state index in [1.54, 1.807) is 24.3 Å². The molecule has 1 aromatic carbocycles. The lowest BCUT2D eigenvalue weighted by Crippen LogP contribution is -2.45. The number of carbonyl (C=O) groups is 1. The second-order valence-corrected chi connectivity index (χ2v) is 4.27. The SMILES string of the molecule is CCCC[C@](N)(C(=O)O)c1ccccc1Cl.Cl. The molecule has 0 aliphatic carbocycles. The summed E-state index contributed by atoms with van der Waals surface area (Å²) in [6.07, 6.45) is 2.05. The fourth-order valence-electron chi connectivity index (χ4n) is 1.64. The van der Waals surface area contributed by atoms with Gasteiger partial charge >= 0.3 is 5.97 Å². The standard InChI is InChI=1S/C12H16ClNO2.ClH/c1-2-3-8-12(14,11(15)16)9-6-4-5-7-10(9)13;/h4-7H,2-3,8,14H2,1H3,(H,15,16);1H/t12-;/m1./s1. The molecule has 0 spiro atoms. The van der Waals surface area contributed by atoms with Crippen LogP contribution in [0.4, 0.5) is 0 Å². The Bertz CT molecular complexity index is 385. The first-order valence-corrected chi connectivity index (χ1v) is 5.67. The Morgan fingerprint density at radius 3 is 2.53 bits per heavy atom. The van der Waals surface area contributed by atoms with Crippen LogP contribution in [0.25, 0.3) is 0 Å². The summed E-state index contributed by atoms with van der Waals surface area (Å²) in [5.41, 5.74) is 5.07. The van der Waals surface area contributed by atoms with Crippen molar-refractivity contribution < 1.29 is 9.90 Å². The molecule has 1 aromatic rings. The molecule has 0 amide bonds. The Morgan fingerprint density at radius 2 is 2.06 bits per heavy atom. The molecule has 0 bridgehead atoms. The zero-order valence-electron chi connectivity index (χ0n) is 9.65. The maximum atomic E-state index is 11.3. The third kappa shape index (κ3) is 3.60. The van der Waals surface area contributed by atoms with E-state index in [4.69, 9.17) is 17.3 Å². The molecule has 0 radical (unpaired) electrons. The van der Waals surface area contributed by atoms with Gasteiger partial charge in [0.2, 0.25) is 0 Å². The second-order valence-electron chi connectivity index (χ2n) is 3.86. The monoisotopic (exact) mass is 277 g/mol. The van der Waals surface area contributed by atoms with Crippen LogP contribution in [0.2, 0.25) is 5.02 Å². The van der Waals surface area contributed by atoms with Gasteiger partial charge in [0.15, 0.2) is 0 Å². The van der Waals surface area contributed by atoms with Gasteiger partial charge in [0, 0.05) is 10.6 Å². The Balaban J connectivity index is 0.00000256. The molecule has 96 valence electrons. The molecule has 0 fully saturated rings. The van der Waals surface area contributed by atoms with Gasteiger partial charge < -0.3 is 10.8 Å². The van der Waals surface area contributed by atoms with Gasteiger partial charge in [-0.2, -0.15) is 0 Å². The van der Waals surface area contributed by atoms with E-state index in [2.05, 4.69) is 0 Å². The molecule has 1 rings (SSSR count). The summed E-state index contributed by atoms with van der Waals surface area (Å²) in [6, 6.07) is 6.84. The first-order chi connectivity index (χ1) is 7.52. The summed E-state index contributed by atoms with van der Waals surface area (Å²) in [6.45, 7) is 1.99. The third-order valence-corrected chi connectivity index (χ3v) is 2.99. The Kier molecular flexibility index (Phi) is 6.53. The lowest BCUT2D eigenvalue weighted by molar-refractivity contribution is -0.144. The molecular weight excluding hydrogens is 261 g/mol. The minimum absolute atomic E-state index is 0. The van der Waals surface area contributed by atoms with Crippen molar-refractivity contribution >= 4 is 30.0 Å². The first kappa shape index (κ1) is 16.2. The lowest BCUT2D eigenvalue weighted by atomic mass is 9.86. The number of hydrogen-bond donors (Lipinski definition) is 2. The van der Waals surface area contributed by atoms with Gasteiger partial charge in [-0.05, 0) is 12.5 Å². The molecule has 3 N–H and O–H groups in total. The molecular formula is C12H17Cl2NO2. The molecule has 0 saturated carbocycles. The Labute approximate surface area is 112 Å². The molecule has 17 heavy (non-hydrogen) atoms. The number of aliphatic carboxylic acids is 1. The van der Waals surface area contributed by atoms with Gasteiger partial charge in [0.1, 0.15) is 5.54 Å². The number of hydrogen-bond acceptors (Lipinski definition) is 2. The highest BCUT2D eigenvalue weighted by molar-refractivity contribution is 6.31. The number of carboxylic acid groups (broad SMARTS) is 1. The highest BCUT2D eigenvalue weighted by atomic mass is 35.5. The zero-order valence-corrected chi connectivity index (χ0v) is 11.2.